The minimum Gasteiger partial charge on any atom is -0.316 e. The Labute approximate surface area is 241 Å². The van der Waals surface area contributed by atoms with E-state index in [2.05, 4.69) is 42.1 Å². The van der Waals surface area contributed by atoms with Gasteiger partial charge in [0.1, 0.15) is 0 Å². The molecule has 208 valence electrons. The molecular weight excluding hydrogens is 548 g/mol. The van der Waals surface area contributed by atoms with Crippen LogP contribution in [0.15, 0.2) is 57.2 Å². The zero-order valence-electron chi connectivity index (χ0n) is 22.9. The molecule has 9 nitrogen and oxygen atoms in total. The number of aryl methyl sites for hydroxylation is 3. The fourth-order valence-corrected chi connectivity index (χ4v) is 7.11. The Bertz CT molecular complexity index is 1780. The van der Waals surface area contributed by atoms with Gasteiger partial charge >= 0.3 is 5.69 Å². The summed E-state index contributed by atoms with van der Waals surface area (Å²) in [5, 5.41) is 0.996. The predicted molar refractivity (Wildman–Crippen MR) is 159 cm³/mol. The molecule has 1 saturated heterocycles. The van der Waals surface area contributed by atoms with Crippen molar-refractivity contribution in [2.75, 3.05) is 30.8 Å². The molecule has 1 fully saturated rings. The number of nitrogens with zero attached hydrogens (tertiary/aromatic N) is 6. The van der Waals surface area contributed by atoms with Crippen LogP contribution < -0.4 is 16.1 Å². The maximum Gasteiger partial charge on any atom is 0.332 e. The van der Waals surface area contributed by atoms with Crippen molar-refractivity contribution in [1.82, 2.24) is 23.6 Å². The molecule has 40 heavy (non-hydrogen) atoms. The highest BCUT2D eigenvalue weighted by atomic mass is 35.5. The third-order valence-corrected chi connectivity index (χ3v) is 9.54. The molecule has 0 N–H and O–H groups in total. The summed E-state index contributed by atoms with van der Waals surface area (Å²) in [6.07, 6.45) is 0.921. The maximum atomic E-state index is 13.7. The number of amides is 1. The van der Waals surface area contributed by atoms with Crippen molar-refractivity contribution in [2.45, 2.75) is 37.0 Å². The summed E-state index contributed by atoms with van der Waals surface area (Å²) in [7, 11) is 5.48. The van der Waals surface area contributed by atoms with Gasteiger partial charge in [0.05, 0.1) is 12.3 Å². The van der Waals surface area contributed by atoms with Crippen molar-refractivity contribution in [3.05, 3.63) is 85.0 Å². The quantitative estimate of drug-likeness (QED) is 0.338. The SMILES string of the molecule is Cc1ccc2c(c1)[C@@H]1CN(C)CC[C@H]1N2C(=O)CSc1nc2c(c(=O)n(Cc3ccccc3Cl)c(=O)n2C)n1C. The highest BCUT2D eigenvalue weighted by Gasteiger charge is 2.43. The number of halogens is 1. The van der Waals surface area contributed by atoms with Crippen LogP contribution in [0.4, 0.5) is 5.69 Å². The highest BCUT2D eigenvalue weighted by molar-refractivity contribution is 7.99. The molecule has 0 saturated carbocycles. The number of imidazole rings is 1. The Morgan fingerprint density at radius 1 is 1.10 bits per heavy atom. The number of rotatable bonds is 5. The average Bonchev–Trinajstić information content (AvgIpc) is 3.43. The van der Waals surface area contributed by atoms with Gasteiger partial charge in [-0.15, -0.1) is 0 Å². The molecule has 6 rings (SSSR count). The number of piperidine rings is 1. The fourth-order valence-electron chi connectivity index (χ4n) is 6.09. The molecule has 0 aliphatic carbocycles. The second-order valence-corrected chi connectivity index (χ2v) is 12.1. The summed E-state index contributed by atoms with van der Waals surface area (Å²) < 4.78 is 4.23. The number of carbonyl (C=O) groups is 1. The summed E-state index contributed by atoms with van der Waals surface area (Å²) in [5.74, 6) is 0.486. The van der Waals surface area contributed by atoms with Gasteiger partial charge in [-0.05, 0) is 50.2 Å². The molecular formula is C29H31ClN6O3S. The van der Waals surface area contributed by atoms with Gasteiger partial charge in [-0.3, -0.25) is 18.7 Å². The van der Waals surface area contributed by atoms with E-state index in [1.54, 1.807) is 36.9 Å². The number of aromatic nitrogens is 4. The molecule has 11 heteroatoms. The van der Waals surface area contributed by atoms with E-state index >= 15 is 0 Å². The topological polar surface area (TPSA) is 85.4 Å². The number of benzene rings is 2. The number of anilines is 1. The van der Waals surface area contributed by atoms with Crippen molar-refractivity contribution in [3.8, 4) is 0 Å². The number of fused-ring (bicyclic) bond motifs is 4. The van der Waals surface area contributed by atoms with Crippen molar-refractivity contribution < 1.29 is 4.79 Å². The lowest BCUT2D eigenvalue weighted by molar-refractivity contribution is -0.116. The van der Waals surface area contributed by atoms with Gasteiger partial charge in [0.2, 0.25) is 5.91 Å². The van der Waals surface area contributed by atoms with Crippen LogP contribution in [-0.4, -0.2) is 61.4 Å². The summed E-state index contributed by atoms with van der Waals surface area (Å²) in [4.78, 5) is 49.3. The van der Waals surface area contributed by atoms with Crippen LogP contribution in [0.25, 0.3) is 11.2 Å². The number of likely N-dealkylation sites (tertiary alicyclic amines) is 1. The Morgan fingerprint density at radius 3 is 2.65 bits per heavy atom. The second kappa shape index (κ2) is 10.2. The monoisotopic (exact) mass is 578 g/mol. The first-order chi connectivity index (χ1) is 19.2. The van der Waals surface area contributed by atoms with Crippen LogP contribution in [0.1, 0.15) is 29.0 Å². The standard InChI is InChI=1S/C29H31ClN6O3S/c1-17-9-10-22-19(13-17)20-15-32(2)12-11-23(20)36(22)24(37)16-40-28-31-26-25(33(28)3)27(38)35(29(39)34(26)4)14-18-7-5-6-8-21(18)30/h5-10,13,20,23H,11-12,14-16H2,1-4H3/t20-,23+/m0/s1. The Hall–Kier alpha value is -3.34. The van der Waals surface area contributed by atoms with Crippen LogP contribution in [0.5, 0.6) is 0 Å². The predicted octanol–water partition coefficient (Wildman–Crippen LogP) is 3.37. The summed E-state index contributed by atoms with van der Waals surface area (Å²) in [5.41, 5.74) is 3.80. The van der Waals surface area contributed by atoms with Crippen LogP contribution in [-0.2, 0) is 25.4 Å². The van der Waals surface area contributed by atoms with E-state index in [0.717, 1.165) is 25.2 Å². The molecule has 2 aliphatic heterocycles. The Kier molecular flexibility index (Phi) is 6.88. The van der Waals surface area contributed by atoms with Crippen LogP contribution in [0.2, 0.25) is 5.02 Å². The van der Waals surface area contributed by atoms with Gasteiger partial charge < -0.3 is 14.4 Å². The van der Waals surface area contributed by atoms with Gasteiger partial charge in [0, 0.05) is 43.3 Å². The third-order valence-electron chi connectivity index (χ3n) is 8.15. The highest BCUT2D eigenvalue weighted by Crippen LogP contribution is 2.45. The Morgan fingerprint density at radius 2 is 1.88 bits per heavy atom. The van der Waals surface area contributed by atoms with Gasteiger partial charge in [0.15, 0.2) is 16.3 Å². The van der Waals surface area contributed by atoms with Crippen molar-refractivity contribution in [3.63, 3.8) is 0 Å². The first-order valence-electron chi connectivity index (χ1n) is 13.3. The summed E-state index contributed by atoms with van der Waals surface area (Å²) >= 11 is 7.59. The van der Waals surface area contributed by atoms with Crippen LogP contribution >= 0.6 is 23.4 Å². The molecule has 2 atom stereocenters. The molecule has 4 aromatic rings. The molecule has 4 heterocycles. The zero-order chi connectivity index (χ0) is 28.3. The lowest BCUT2D eigenvalue weighted by Crippen LogP contribution is -2.47. The van der Waals surface area contributed by atoms with Crippen molar-refractivity contribution in [1.29, 1.82) is 0 Å². The van der Waals surface area contributed by atoms with E-state index in [9.17, 15) is 14.4 Å². The Balaban J connectivity index is 1.30. The fraction of sp³-hybridized carbons (Fsp3) is 0.379. The lowest BCUT2D eigenvalue weighted by Gasteiger charge is -2.36. The van der Waals surface area contributed by atoms with E-state index in [-0.39, 0.29) is 24.2 Å². The number of carbonyl (C=O) groups excluding carboxylic acids is 1. The largest absolute Gasteiger partial charge is 0.332 e. The summed E-state index contributed by atoms with van der Waals surface area (Å²) in [6, 6.07) is 13.6. The molecule has 1 amide bonds. The number of thioether (sulfide) groups is 1. The van der Waals surface area contributed by atoms with E-state index in [0.29, 0.717) is 32.8 Å². The first kappa shape index (κ1) is 26.9. The maximum absolute atomic E-state index is 13.7. The molecule has 0 spiro atoms. The van der Waals surface area contributed by atoms with E-state index in [1.807, 2.05) is 11.0 Å². The number of hydrogen-bond acceptors (Lipinski definition) is 6. The van der Waals surface area contributed by atoms with Gasteiger partial charge in [-0.2, -0.15) is 0 Å². The normalized spacial score (nSPS) is 18.8. The zero-order valence-corrected chi connectivity index (χ0v) is 24.5. The minimum absolute atomic E-state index is 0.0178. The number of likely N-dealkylation sites (N-methyl/N-ethyl adjacent to an activating group) is 1. The number of hydrogen-bond donors (Lipinski definition) is 0. The van der Waals surface area contributed by atoms with Crippen LogP contribution in [0, 0.1) is 6.92 Å². The van der Waals surface area contributed by atoms with Crippen LogP contribution in [0.3, 0.4) is 0 Å². The molecule has 2 aliphatic rings. The summed E-state index contributed by atoms with van der Waals surface area (Å²) in [6.45, 7) is 4.02. The molecule has 0 unspecified atom stereocenters. The molecule has 2 aromatic carbocycles. The second-order valence-electron chi connectivity index (χ2n) is 10.8. The molecule has 0 radical (unpaired) electrons. The van der Waals surface area contributed by atoms with Crippen molar-refractivity contribution in [2.24, 2.45) is 14.1 Å². The van der Waals surface area contributed by atoms with Gasteiger partial charge in [-0.1, -0.05) is 59.3 Å². The van der Waals surface area contributed by atoms with Gasteiger partial charge in [-0.25, -0.2) is 9.78 Å². The van der Waals surface area contributed by atoms with E-state index in [1.165, 1.54) is 32.0 Å². The first-order valence-corrected chi connectivity index (χ1v) is 14.7. The van der Waals surface area contributed by atoms with Gasteiger partial charge in [0.25, 0.3) is 5.56 Å². The van der Waals surface area contributed by atoms with E-state index < -0.39 is 11.2 Å². The molecule has 0 bridgehead atoms. The minimum atomic E-state index is -0.472. The smallest absolute Gasteiger partial charge is 0.316 e. The lowest BCUT2D eigenvalue weighted by atomic mass is 9.89. The third kappa shape index (κ3) is 4.38. The van der Waals surface area contributed by atoms with Crippen molar-refractivity contribution >= 4 is 46.1 Å². The average molecular weight is 579 g/mol. The molecule has 2 aromatic heterocycles. The van der Waals surface area contributed by atoms with E-state index in [4.69, 9.17) is 11.6 Å².